The van der Waals surface area contributed by atoms with E-state index < -0.39 is 22.8 Å². The second kappa shape index (κ2) is 8.91. The molecule has 0 amide bonds. The first-order valence-electron chi connectivity index (χ1n) is 8.36. The Morgan fingerprint density at radius 3 is 2.52 bits per heavy atom. The summed E-state index contributed by atoms with van der Waals surface area (Å²) in [5, 5.41) is 3.27. The third kappa shape index (κ3) is 5.67. The highest BCUT2D eigenvalue weighted by molar-refractivity contribution is 7.89. The number of piperazine rings is 1. The molecule has 1 aromatic rings. The summed E-state index contributed by atoms with van der Waals surface area (Å²) in [7, 11) is -3.72. The Balaban J connectivity index is 0.00000261. The van der Waals surface area contributed by atoms with Crippen molar-refractivity contribution in [2.75, 3.05) is 45.9 Å². The van der Waals surface area contributed by atoms with Gasteiger partial charge in [0.25, 0.3) is 0 Å². The van der Waals surface area contributed by atoms with Crippen LogP contribution in [0.15, 0.2) is 23.2 Å². The number of halogens is 4. The van der Waals surface area contributed by atoms with Crippen LogP contribution in [-0.4, -0.2) is 80.7 Å². The fourth-order valence-corrected chi connectivity index (χ4v) is 4.62. The predicted molar refractivity (Wildman–Crippen MR) is 94.6 cm³/mol. The largest absolute Gasteiger partial charge is 0.468 e. The van der Waals surface area contributed by atoms with E-state index in [0.29, 0.717) is 13.1 Å². The SMILES string of the molecule is Cl.O=S(=O)(c1ccc(OCC(F)(F)F)nc1)N1CCC(N2CCNCC2)C1. The van der Waals surface area contributed by atoms with Gasteiger partial charge in [0.1, 0.15) is 4.90 Å². The fraction of sp³-hybridized carbons (Fsp3) is 0.667. The van der Waals surface area contributed by atoms with Crippen LogP contribution in [0.1, 0.15) is 6.42 Å². The first kappa shape index (κ1) is 22.2. The zero-order valence-electron chi connectivity index (χ0n) is 14.5. The molecule has 0 spiro atoms. The molecule has 1 unspecified atom stereocenters. The van der Waals surface area contributed by atoms with Crippen LogP contribution in [0.2, 0.25) is 0 Å². The van der Waals surface area contributed by atoms with Crippen molar-refractivity contribution in [2.45, 2.75) is 23.5 Å². The van der Waals surface area contributed by atoms with Gasteiger partial charge in [-0.25, -0.2) is 13.4 Å². The number of nitrogens with one attached hydrogen (secondary N) is 1. The molecule has 12 heteroatoms. The van der Waals surface area contributed by atoms with Gasteiger partial charge in [-0.3, -0.25) is 4.90 Å². The Kier molecular flexibility index (Phi) is 7.31. The van der Waals surface area contributed by atoms with E-state index in [-0.39, 0.29) is 29.2 Å². The third-order valence-electron chi connectivity index (χ3n) is 4.52. The number of nitrogens with zero attached hydrogens (tertiary/aromatic N) is 3. The molecule has 2 aliphatic heterocycles. The Bertz CT molecular complexity index is 712. The molecular weight excluding hydrogens is 409 g/mol. The normalized spacial score (nSPS) is 22.4. The highest BCUT2D eigenvalue weighted by Crippen LogP contribution is 2.25. The first-order chi connectivity index (χ1) is 12.3. The molecule has 2 aliphatic rings. The van der Waals surface area contributed by atoms with Crippen LogP contribution in [0.4, 0.5) is 13.2 Å². The van der Waals surface area contributed by atoms with Crippen LogP contribution in [0, 0.1) is 0 Å². The highest BCUT2D eigenvalue weighted by atomic mass is 35.5. The molecule has 7 nitrogen and oxygen atoms in total. The van der Waals surface area contributed by atoms with E-state index in [2.05, 4.69) is 19.9 Å². The topological polar surface area (TPSA) is 74.8 Å². The summed E-state index contributed by atoms with van der Waals surface area (Å²) in [6.45, 7) is 2.94. The summed E-state index contributed by atoms with van der Waals surface area (Å²) in [6.07, 6.45) is -2.67. The van der Waals surface area contributed by atoms with Crippen molar-refractivity contribution in [1.29, 1.82) is 0 Å². The third-order valence-corrected chi connectivity index (χ3v) is 6.37. The van der Waals surface area contributed by atoms with Crippen LogP contribution >= 0.6 is 12.4 Å². The Morgan fingerprint density at radius 1 is 1.22 bits per heavy atom. The number of sulfonamides is 1. The average molecular weight is 431 g/mol. The molecule has 0 aliphatic carbocycles. The van der Waals surface area contributed by atoms with Gasteiger partial charge in [0, 0.05) is 51.4 Å². The highest BCUT2D eigenvalue weighted by Gasteiger charge is 2.35. The van der Waals surface area contributed by atoms with Gasteiger partial charge in [-0.05, 0) is 12.5 Å². The second-order valence-electron chi connectivity index (χ2n) is 6.33. The molecule has 154 valence electrons. The van der Waals surface area contributed by atoms with E-state index in [1.54, 1.807) is 0 Å². The molecule has 1 atom stereocenters. The van der Waals surface area contributed by atoms with E-state index in [1.807, 2.05) is 0 Å². The van der Waals surface area contributed by atoms with Gasteiger partial charge in [0.2, 0.25) is 15.9 Å². The number of ether oxygens (including phenoxy) is 1. The molecular formula is C15H22ClF3N4O3S. The molecule has 3 heterocycles. The average Bonchev–Trinajstić information content (AvgIpc) is 3.11. The molecule has 0 bridgehead atoms. The molecule has 0 radical (unpaired) electrons. The van der Waals surface area contributed by atoms with Crippen LogP contribution in [0.5, 0.6) is 5.88 Å². The van der Waals surface area contributed by atoms with Gasteiger partial charge in [-0.2, -0.15) is 17.5 Å². The number of hydrogen-bond acceptors (Lipinski definition) is 6. The molecule has 2 saturated heterocycles. The summed E-state index contributed by atoms with van der Waals surface area (Å²) in [4.78, 5) is 5.93. The maximum Gasteiger partial charge on any atom is 0.422 e. The van der Waals surface area contributed by atoms with Gasteiger partial charge in [0.05, 0.1) is 6.20 Å². The lowest BCUT2D eigenvalue weighted by atomic mass is 10.2. The molecule has 1 N–H and O–H groups in total. The maximum atomic E-state index is 12.7. The van der Waals surface area contributed by atoms with E-state index in [1.165, 1.54) is 10.4 Å². The molecule has 27 heavy (non-hydrogen) atoms. The first-order valence-corrected chi connectivity index (χ1v) is 9.80. The quantitative estimate of drug-likeness (QED) is 0.754. The van der Waals surface area contributed by atoms with Gasteiger partial charge >= 0.3 is 6.18 Å². The number of rotatable bonds is 5. The number of pyridine rings is 1. The van der Waals surface area contributed by atoms with Gasteiger partial charge in [0.15, 0.2) is 6.61 Å². The lowest BCUT2D eigenvalue weighted by Gasteiger charge is -2.32. The monoisotopic (exact) mass is 430 g/mol. The van der Waals surface area contributed by atoms with Crippen molar-refractivity contribution in [1.82, 2.24) is 19.5 Å². The van der Waals surface area contributed by atoms with Crippen LogP contribution in [-0.2, 0) is 10.0 Å². The van der Waals surface area contributed by atoms with Crippen molar-refractivity contribution in [3.8, 4) is 5.88 Å². The van der Waals surface area contributed by atoms with Crippen molar-refractivity contribution >= 4 is 22.4 Å². The van der Waals surface area contributed by atoms with E-state index in [9.17, 15) is 21.6 Å². The van der Waals surface area contributed by atoms with Crippen molar-refractivity contribution < 1.29 is 26.3 Å². The summed E-state index contributed by atoms with van der Waals surface area (Å²) in [5.74, 6) is -0.263. The van der Waals surface area contributed by atoms with Crippen molar-refractivity contribution in [3.05, 3.63) is 18.3 Å². The maximum absolute atomic E-state index is 12.7. The van der Waals surface area contributed by atoms with Gasteiger partial charge in [-0.1, -0.05) is 0 Å². The number of alkyl halides is 3. The van der Waals surface area contributed by atoms with E-state index in [0.717, 1.165) is 44.9 Å². The standard InChI is InChI=1S/C15H21F3N4O3S.ClH/c16-15(17,18)11-25-14-2-1-13(9-20-14)26(23,24)22-6-3-12(10-22)21-7-4-19-5-8-21;/h1-2,9,12,19H,3-8,10-11H2;1H. The van der Waals surface area contributed by atoms with Crippen LogP contribution in [0.3, 0.4) is 0 Å². The zero-order valence-corrected chi connectivity index (χ0v) is 16.1. The smallest absolute Gasteiger partial charge is 0.422 e. The van der Waals surface area contributed by atoms with E-state index >= 15 is 0 Å². The minimum Gasteiger partial charge on any atom is -0.468 e. The molecule has 2 fully saturated rings. The molecule has 3 rings (SSSR count). The summed E-state index contributed by atoms with van der Waals surface area (Å²) in [5.41, 5.74) is 0. The van der Waals surface area contributed by atoms with Gasteiger partial charge in [-0.15, -0.1) is 12.4 Å². The summed E-state index contributed by atoms with van der Waals surface area (Å²) in [6, 6.07) is 2.56. The Morgan fingerprint density at radius 2 is 1.93 bits per heavy atom. The van der Waals surface area contributed by atoms with Crippen molar-refractivity contribution in [2.24, 2.45) is 0 Å². The predicted octanol–water partition coefficient (Wildman–Crippen LogP) is 1.11. The van der Waals surface area contributed by atoms with Crippen molar-refractivity contribution in [3.63, 3.8) is 0 Å². The zero-order chi connectivity index (χ0) is 18.8. The minimum atomic E-state index is -4.47. The molecule has 0 aromatic carbocycles. The van der Waals surface area contributed by atoms with Crippen LogP contribution < -0.4 is 10.1 Å². The van der Waals surface area contributed by atoms with Crippen LogP contribution in [0.25, 0.3) is 0 Å². The summed E-state index contributed by atoms with van der Waals surface area (Å²) >= 11 is 0. The van der Waals surface area contributed by atoms with E-state index in [4.69, 9.17) is 0 Å². The number of hydrogen-bond donors (Lipinski definition) is 1. The lowest BCUT2D eigenvalue weighted by molar-refractivity contribution is -0.154. The molecule has 0 saturated carbocycles. The second-order valence-corrected chi connectivity index (χ2v) is 8.27. The lowest BCUT2D eigenvalue weighted by Crippen LogP contribution is -2.49. The van der Waals surface area contributed by atoms with Gasteiger partial charge < -0.3 is 10.1 Å². The Hall–Kier alpha value is -1.14. The molecule has 1 aromatic heterocycles. The minimum absolute atomic E-state index is 0. The fourth-order valence-electron chi connectivity index (χ4n) is 3.18. The number of aromatic nitrogens is 1. The summed E-state index contributed by atoms with van der Waals surface area (Å²) < 4.78 is 67.8. The Labute approximate surface area is 162 Å².